The average Bonchev–Trinajstić information content (AvgIpc) is 2.61. The van der Waals surface area contributed by atoms with E-state index in [0.29, 0.717) is 5.56 Å². The van der Waals surface area contributed by atoms with Gasteiger partial charge in [0.2, 0.25) is 6.10 Å². The first-order valence-corrected chi connectivity index (χ1v) is 10.7. The number of aryl methyl sites for hydroxylation is 1. The smallest absolute Gasteiger partial charge is 0.408 e. The van der Waals surface area contributed by atoms with Crippen LogP contribution in [0.15, 0.2) is 12.1 Å². The summed E-state index contributed by atoms with van der Waals surface area (Å²) >= 11 is 5.93. The number of likely N-dealkylation sites (tertiary alicyclic amines) is 1. The van der Waals surface area contributed by atoms with Gasteiger partial charge in [0.25, 0.3) is 5.91 Å². The number of nitrogens with zero attached hydrogens (tertiary/aromatic N) is 1. The Morgan fingerprint density at radius 2 is 1.87 bits per heavy atom. The first kappa shape index (κ1) is 25.4. The number of amides is 2. The van der Waals surface area contributed by atoms with Gasteiger partial charge in [-0.3, -0.25) is 4.79 Å². The highest BCUT2D eigenvalue weighted by molar-refractivity contribution is 6.30. The second-order valence-corrected chi connectivity index (χ2v) is 9.84. The molecule has 1 aromatic rings. The highest BCUT2D eigenvalue weighted by atomic mass is 35.5. The molecule has 2 amide bonds. The van der Waals surface area contributed by atoms with E-state index in [-0.39, 0.29) is 23.7 Å². The van der Waals surface area contributed by atoms with Crippen molar-refractivity contribution in [3.8, 4) is 0 Å². The number of rotatable bonds is 4. The van der Waals surface area contributed by atoms with Gasteiger partial charge in [-0.05, 0) is 45.4 Å². The van der Waals surface area contributed by atoms with Crippen LogP contribution in [-0.2, 0) is 15.1 Å². The summed E-state index contributed by atoms with van der Waals surface area (Å²) < 4.78 is 19.9. The molecule has 174 valence electrons. The number of ether oxygens (including phenoxy) is 1. The van der Waals surface area contributed by atoms with E-state index >= 15 is 0 Å². The van der Waals surface area contributed by atoms with Crippen LogP contribution in [0.4, 0.5) is 9.18 Å². The summed E-state index contributed by atoms with van der Waals surface area (Å²) in [6.45, 7) is 9.94. The SMILES string of the molecule is Cc1cc(Cl)cc(F)c1C1(O)[C@H](C)CN(C(=O)[C@@H](CO)OC(=O)NC(C)(C)C)C[C@H]1C. The Kier molecular flexibility index (Phi) is 7.61. The number of aliphatic hydroxyl groups is 2. The van der Waals surface area contributed by atoms with Gasteiger partial charge in [-0.15, -0.1) is 0 Å². The van der Waals surface area contributed by atoms with E-state index in [1.807, 2.05) is 0 Å². The van der Waals surface area contributed by atoms with Crippen LogP contribution in [0.5, 0.6) is 0 Å². The van der Waals surface area contributed by atoms with Crippen LogP contribution in [0, 0.1) is 24.6 Å². The minimum Gasteiger partial charge on any atom is -0.434 e. The van der Waals surface area contributed by atoms with Crippen molar-refractivity contribution < 1.29 is 28.9 Å². The molecule has 1 aliphatic heterocycles. The monoisotopic (exact) mass is 458 g/mol. The minimum absolute atomic E-state index is 0.0991. The number of alkyl carbamates (subject to hydrolysis) is 1. The van der Waals surface area contributed by atoms with Crippen molar-refractivity contribution in [2.75, 3.05) is 19.7 Å². The van der Waals surface area contributed by atoms with Crippen LogP contribution >= 0.6 is 11.6 Å². The van der Waals surface area contributed by atoms with Crippen LogP contribution in [0.3, 0.4) is 0 Å². The maximum absolute atomic E-state index is 14.8. The lowest BCUT2D eigenvalue weighted by molar-refractivity contribution is -0.158. The van der Waals surface area contributed by atoms with E-state index in [1.54, 1.807) is 47.6 Å². The van der Waals surface area contributed by atoms with Gasteiger partial charge in [0.15, 0.2) is 0 Å². The van der Waals surface area contributed by atoms with E-state index in [1.165, 1.54) is 11.0 Å². The Morgan fingerprint density at radius 3 is 2.32 bits per heavy atom. The van der Waals surface area contributed by atoms with Crippen molar-refractivity contribution in [3.05, 3.63) is 34.1 Å². The van der Waals surface area contributed by atoms with Gasteiger partial charge in [-0.2, -0.15) is 0 Å². The van der Waals surface area contributed by atoms with Crippen molar-refractivity contribution >= 4 is 23.6 Å². The first-order valence-electron chi connectivity index (χ1n) is 10.3. The average molecular weight is 459 g/mol. The quantitative estimate of drug-likeness (QED) is 0.644. The third kappa shape index (κ3) is 5.48. The largest absolute Gasteiger partial charge is 0.434 e. The lowest BCUT2D eigenvalue weighted by Gasteiger charge is -2.49. The number of nitrogens with one attached hydrogen (secondary N) is 1. The maximum Gasteiger partial charge on any atom is 0.408 e. The topological polar surface area (TPSA) is 99.1 Å². The Labute approximate surface area is 187 Å². The third-order valence-electron chi connectivity index (χ3n) is 5.62. The number of hydrogen-bond donors (Lipinski definition) is 3. The lowest BCUT2D eigenvalue weighted by Crippen LogP contribution is -2.58. The molecule has 0 aromatic heterocycles. The fourth-order valence-electron chi connectivity index (χ4n) is 4.22. The van der Waals surface area contributed by atoms with Gasteiger partial charge in [-0.25, -0.2) is 9.18 Å². The highest BCUT2D eigenvalue weighted by Crippen LogP contribution is 2.44. The van der Waals surface area contributed by atoms with Gasteiger partial charge in [0.05, 0.1) is 6.61 Å². The fraction of sp³-hybridized carbons (Fsp3) is 0.636. The molecule has 2 rings (SSSR count). The van der Waals surface area contributed by atoms with Crippen LogP contribution in [0.1, 0.15) is 45.7 Å². The fourth-order valence-corrected chi connectivity index (χ4v) is 4.48. The predicted molar refractivity (Wildman–Crippen MR) is 115 cm³/mol. The third-order valence-corrected chi connectivity index (χ3v) is 5.84. The number of carbonyl (C=O) groups is 2. The second kappa shape index (κ2) is 9.30. The summed E-state index contributed by atoms with van der Waals surface area (Å²) in [5.41, 5.74) is -1.38. The summed E-state index contributed by atoms with van der Waals surface area (Å²) in [6.07, 6.45) is -2.18. The Hall–Kier alpha value is -1.90. The zero-order chi connectivity index (χ0) is 23.7. The van der Waals surface area contributed by atoms with Crippen molar-refractivity contribution in [2.24, 2.45) is 11.8 Å². The number of piperidine rings is 1. The number of halogens is 2. The zero-order valence-corrected chi connectivity index (χ0v) is 19.6. The zero-order valence-electron chi connectivity index (χ0n) is 18.8. The molecule has 0 saturated carbocycles. The molecule has 9 heteroatoms. The Morgan fingerprint density at radius 1 is 1.32 bits per heavy atom. The molecule has 31 heavy (non-hydrogen) atoms. The maximum atomic E-state index is 14.8. The minimum atomic E-state index is -1.52. The standard InChI is InChI=1S/C22H32ClFN2O5/c1-12-7-15(23)8-16(24)18(12)22(30)13(2)9-26(10-14(22)3)19(28)17(11-27)31-20(29)25-21(4,5)6/h7-8,13-14,17,27,30H,9-11H2,1-6H3,(H,25,29)/t13-,14-,17-/m1/s1. The molecule has 1 fully saturated rings. The molecule has 7 nitrogen and oxygen atoms in total. The highest BCUT2D eigenvalue weighted by Gasteiger charge is 2.49. The summed E-state index contributed by atoms with van der Waals surface area (Å²) in [5.74, 6) is -2.23. The molecular weight excluding hydrogens is 427 g/mol. The van der Waals surface area contributed by atoms with Crippen molar-refractivity contribution in [3.63, 3.8) is 0 Å². The van der Waals surface area contributed by atoms with Crippen LogP contribution < -0.4 is 5.32 Å². The summed E-state index contributed by atoms with van der Waals surface area (Å²) in [5, 5.41) is 24.0. The number of aliphatic hydroxyl groups excluding tert-OH is 1. The Balaban J connectivity index is 2.22. The summed E-state index contributed by atoms with van der Waals surface area (Å²) in [7, 11) is 0. The summed E-state index contributed by atoms with van der Waals surface area (Å²) in [6, 6.07) is 2.76. The van der Waals surface area contributed by atoms with E-state index in [2.05, 4.69) is 5.32 Å². The first-order chi connectivity index (χ1) is 14.2. The van der Waals surface area contributed by atoms with Crippen LogP contribution in [-0.4, -0.2) is 58.5 Å². The Bertz CT molecular complexity index is 807. The van der Waals surface area contributed by atoms with E-state index in [4.69, 9.17) is 16.3 Å². The lowest BCUT2D eigenvalue weighted by atomic mass is 9.69. The molecule has 0 unspecified atom stereocenters. The molecule has 0 spiro atoms. The van der Waals surface area contributed by atoms with Gasteiger partial charge < -0.3 is 25.2 Å². The van der Waals surface area contributed by atoms with E-state index < -0.39 is 53.5 Å². The normalized spacial score (nSPS) is 22.1. The van der Waals surface area contributed by atoms with E-state index in [0.717, 1.165) is 0 Å². The van der Waals surface area contributed by atoms with Crippen LogP contribution in [0.2, 0.25) is 5.02 Å². The van der Waals surface area contributed by atoms with Gasteiger partial charge in [0.1, 0.15) is 11.4 Å². The van der Waals surface area contributed by atoms with Crippen molar-refractivity contribution in [2.45, 2.75) is 58.8 Å². The molecule has 1 aliphatic rings. The number of hydrogen-bond acceptors (Lipinski definition) is 5. The molecule has 0 aliphatic carbocycles. The molecule has 1 heterocycles. The van der Waals surface area contributed by atoms with Crippen molar-refractivity contribution in [1.82, 2.24) is 10.2 Å². The number of carbonyl (C=O) groups excluding carboxylic acids is 2. The molecule has 3 N–H and O–H groups in total. The van der Waals surface area contributed by atoms with Crippen molar-refractivity contribution in [1.29, 1.82) is 0 Å². The molecule has 0 radical (unpaired) electrons. The number of benzene rings is 1. The molecule has 1 saturated heterocycles. The van der Waals surface area contributed by atoms with Gasteiger partial charge in [0, 0.05) is 41.1 Å². The van der Waals surface area contributed by atoms with Crippen LogP contribution in [0.25, 0.3) is 0 Å². The second-order valence-electron chi connectivity index (χ2n) is 9.40. The molecule has 0 bridgehead atoms. The molecule has 3 atom stereocenters. The molecule has 1 aromatic carbocycles. The van der Waals surface area contributed by atoms with Gasteiger partial charge in [-0.1, -0.05) is 25.4 Å². The van der Waals surface area contributed by atoms with E-state index in [9.17, 15) is 24.2 Å². The summed E-state index contributed by atoms with van der Waals surface area (Å²) in [4.78, 5) is 26.4. The van der Waals surface area contributed by atoms with Gasteiger partial charge >= 0.3 is 6.09 Å². The predicted octanol–water partition coefficient (Wildman–Crippen LogP) is 2.98. The molecular formula is C22H32ClFN2O5.